The number of hydrogen-bond donors (Lipinski definition) is 4. The van der Waals surface area contributed by atoms with E-state index in [-0.39, 0.29) is 29.4 Å². The first kappa shape index (κ1) is 43.4. The standard InChI is InChI=1S/C21H28N2O4.C11H17NO2.C11H14O3/c1-21(13-27-21)19(24)18(12-14-5-3-4-6-14)23-20(25)17(22)11-15-7-9-16(26-2)10-8-15;1-11(7-14-11)10(13)9(12)6-8-4-2-3-5-8;1-8(11(12)13)7-9-3-5-10(14-2)6-4-9/h5,7-10,17-18H,3-4,6,11-13,22H2,1-2H3,(H,23,25);4,9H,2-3,5-7,12H2,1H3;3-6,8H,7H2,1-2H3,(H,12,13)/t17-,18-,21+;9-,11+;8-/m000/s1. The van der Waals surface area contributed by atoms with E-state index in [0.717, 1.165) is 61.2 Å². The molecule has 0 bridgehead atoms. The minimum Gasteiger partial charge on any atom is -0.497 e. The maximum atomic E-state index is 12.8. The number of rotatable bonds is 17. The lowest BCUT2D eigenvalue weighted by Gasteiger charge is -2.22. The molecule has 4 aliphatic rings. The van der Waals surface area contributed by atoms with Crippen molar-refractivity contribution in [3.05, 3.63) is 83.0 Å². The van der Waals surface area contributed by atoms with Crippen molar-refractivity contribution >= 4 is 23.4 Å². The number of ketones is 2. The molecule has 0 radical (unpaired) electrons. The van der Waals surface area contributed by atoms with Crippen molar-refractivity contribution in [2.75, 3.05) is 27.4 Å². The summed E-state index contributed by atoms with van der Waals surface area (Å²) in [6.07, 6.45) is 13.2. The quantitative estimate of drug-likeness (QED) is 0.125. The Kier molecular flexibility index (Phi) is 15.8. The van der Waals surface area contributed by atoms with Gasteiger partial charge >= 0.3 is 5.97 Å². The van der Waals surface area contributed by atoms with Crippen LogP contribution in [0.25, 0.3) is 0 Å². The lowest BCUT2D eigenvalue weighted by molar-refractivity contribution is -0.141. The summed E-state index contributed by atoms with van der Waals surface area (Å²) in [6.45, 7) is 6.24. The molecular weight excluding hydrogens is 702 g/mol. The molecule has 2 saturated heterocycles. The third-order valence-corrected chi connectivity index (χ3v) is 10.5. The van der Waals surface area contributed by atoms with Gasteiger partial charge in [0.15, 0.2) is 11.6 Å². The molecule has 2 aromatic carbocycles. The first-order valence-electron chi connectivity index (χ1n) is 19.2. The highest BCUT2D eigenvalue weighted by atomic mass is 16.6. The maximum Gasteiger partial charge on any atom is 0.306 e. The fourth-order valence-corrected chi connectivity index (χ4v) is 6.54. The zero-order valence-electron chi connectivity index (χ0n) is 32.9. The van der Waals surface area contributed by atoms with Crippen LogP contribution in [-0.2, 0) is 41.5 Å². The Bertz CT molecular complexity index is 1680. The summed E-state index contributed by atoms with van der Waals surface area (Å²) in [5, 5.41) is 11.6. The van der Waals surface area contributed by atoms with Gasteiger partial charge in [0.1, 0.15) is 22.7 Å². The number of allylic oxidation sites excluding steroid dienone is 2. The third kappa shape index (κ3) is 13.4. The Labute approximate surface area is 325 Å². The van der Waals surface area contributed by atoms with Crippen LogP contribution in [0.3, 0.4) is 0 Å². The monoisotopic (exact) mass is 761 g/mol. The molecule has 1 amide bonds. The van der Waals surface area contributed by atoms with Gasteiger partial charge in [-0.05, 0) is 113 Å². The number of amides is 1. The lowest BCUT2D eigenvalue weighted by atomic mass is 9.94. The molecule has 0 saturated carbocycles. The highest BCUT2D eigenvalue weighted by molar-refractivity contribution is 5.97. The summed E-state index contributed by atoms with van der Waals surface area (Å²) in [7, 11) is 3.21. The average Bonchev–Trinajstić information content (AvgIpc) is 3.95. The molecule has 55 heavy (non-hydrogen) atoms. The van der Waals surface area contributed by atoms with Crippen LogP contribution < -0.4 is 26.3 Å². The normalized spacial score (nSPS) is 22.8. The van der Waals surface area contributed by atoms with E-state index in [2.05, 4.69) is 17.5 Å². The highest BCUT2D eigenvalue weighted by Gasteiger charge is 2.50. The van der Waals surface area contributed by atoms with Gasteiger partial charge in [-0.25, -0.2) is 0 Å². The zero-order chi connectivity index (χ0) is 40.2. The molecule has 6 rings (SSSR count). The highest BCUT2D eigenvalue weighted by Crippen LogP contribution is 2.32. The van der Waals surface area contributed by atoms with Crippen LogP contribution in [0.5, 0.6) is 11.5 Å². The summed E-state index contributed by atoms with van der Waals surface area (Å²) in [5.74, 6) is 0.114. The predicted molar refractivity (Wildman–Crippen MR) is 210 cm³/mol. The zero-order valence-corrected chi connectivity index (χ0v) is 32.9. The number of hydrogen-bond acceptors (Lipinski definition) is 10. The van der Waals surface area contributed by atoms with Gasteiger partial charge < -0.3 is 40.8 Å². The number of Topliss-reactive ketones (excluding diaryl/α,β-unsaturated/α-hetero) is 2. The Morgan fingerprint density at radius 1 is 0.727 bits per heavy atom. The molecule has 2 fully saturated rings. The van der Waals surface area contributed by atoms with Crippen LogP contribution in [0, 0.1) is 5.92 Å². The molecular formula is C43H59N3O9. The first-order chi connectivity index (χ1) is 26.2. The van der Waals surface area contributed by atoms with Crippen LogP contribution in [-0.4, -0.2) is 85.3 Å². The second-order valence-electron chi connectivity index (χ2n) is 15.3. The molecule has 12 heteroatoms. The number of carbonyl (C=O) groups excluding carboxylic acids is 3. The van der Waals surface area contributed by atoms with E-state index in [1.54, 1.807) is 28.1 Å². The molecule has 2 aliphatic heterocycles. The van der Waals surface area contributed by atoms with Crippen LogP contribution in [0.15, 0.2) is 71.8 Å². The molecule has 2 aliphatic carbocycles. The van der Waals surface area contributed by atoms with Crippen LogP contribution in [0.2, 0.25) is 0 Å². The van der Waals surface area contributed by atoms with Crippen LogP contribution in [0.1, 0.15) is 83.3 Å². The van der Waals surface area contributed by atoms with Crippen molar-refractivity contribution in [2.24, 2.45) is 17.4 Å². The summed E-state index contributed by atoms with van der Waals surface area (Å²) >= 11 is 0. The van der Waals surface area contributed by atoms with Crippen molar-refractivity contribution in [3.8, 4) is 11.5 Å². The number of nitrogens with one attached hydrogen (secondary N) is 1. The van der Waals surface area contributed by atoms with Crippen molar-refractivity contribution in [3.63, 3.8) is 0 Å². The predicted octanol–water partition coefficient (Wildman–Crippen LogP) is 5.04. The van der Waals surface area contributed by atoms with E-state index in [9.17, 15) is 19.2 Å². The summed E-state index contributed by atoms with van der Waals surface area (Å²) in [4.78, 5) is 47.8. The Morgan fingerprint density at radius 3 is 1.60 bits per heavy atom. The topological polar surface area (TPSA) is 196 Å². The van der Waals surface area contributed by atoms with Crippen molar-refractivity contribution in [1.29, 1.82) is 0 Å². The second-order valence-corrected chi connectivity index (χ2v) is 15.3. The molecule has 2 heterocycles. The Balaban J connectivity index is 0.000000202. The smallest absolute Gasteiger partial charge is 0.306 e. The first-order valence-corrected chi connectivity index (χ1v) is 19.2. The Hall–Kier alpha value is -4.36. The van der Waals surface area contributed by atoms with Gasteiger partial charge in [-0.2, -0.15) is 0 Å². The van der Waals surface area contributed by atoms with Gasteiger partial charge in [0, 0.05) is 0 Å². The molecule has 6 N–H and O–H groups in total. The number of methoxy groups -OCH3 is 2. The van der Waals surface area contributed by atoms with Gasteiger partial charge in [-0.1, -0.05) is 54.5 Å². The lowest BCUT2D eigenvalue weighted by Crippen LogP contribution is -2.51. The minimum absolute atomic E-state index is 0.0605. The number of carbonyl (C=O) groups is 4. The van der Waals surface area contributed by atoms with Crippen molar-refractivity contribution < 1.29 is 43.2 Å². The molecule has 2 aromatic rings. The number of carboxylic acid groups (broad SMARTS) is 1. The second kappa shape index (κ2) is 20.0. The summed E-state index contributed by atoms with van der Waals surface area (Å²) < 4.78 is 20.5. The largest absolute Gasteiger partial charge is 0.497 e. The molecule has 0 aromatic heterocycles. The number of benzene rings is 2. The van der Waals surface area contributed by atoms with Crippen LogP contribution >= 0.6 is 0 Å². The van der Waals surface area contributed by atoms with Gasteiger partial charge in [0.25, 0.3) is 0 Å². The van der Waals surface area contributed by atoms with E-state index in [1.807, 2.05) is 55.5 Å². The average molecular weight is 762 g/mol. The Morgan fingerprint density at radius 2 is 1.18 bits per heavy atom. The molecule has 300 valence electrons. The van der Waals surface area contributed by atoms with Gasteiger partial charge in [0.05, 0.1) is 51.5 Å². The molecule has 0 spiro atoms. The minimum atomic E-state index is -0.767. The van der Waals surface area contributed by atoms with Gasteiger partial charge in [0.2, 0.25) is 5.91 Å². The fourth-order valence-electron chi connectivity index (χ4n) is 6.54. The molecule has 0 unspecified atom stereocenters. The fraction of sp³-hybridized carbons (Fsp3) is 0.535. The van der Waals surface area contributed by atoms with Gasteiger partial charge in [-0.15, -0.1) is 0 Å². The number of aliphatic carboxylic acids is 1. The van der Waals surface area contributed by atoms with Crippen molar-refractivity contribution in [2.45, 2.75) is 114 Å². The van der Waals surface area contributed by atoms with Crippen LogP contribution in [0.4, 0.5) is 0 Å². The van der Waals surface area contributed by atoms with E-state index in [4.69, 9.17) is 35.5 Å². The van der Waals surface area contributed by atoms with E-state index >= 15 is 0 Å². The number of epoxide rings is 2. The summed E-state index contributed by atoms with van der Waals surface area (Å²) in [6, 6.07) is 13.2. The number of ether oxygens (including phenoxy) is 4. The van der Waals surface area contributed by atoms with E-state index in [0.29, 0.717) is 32.5 Å². The third-order valence-electron chi connectivity index (χ3n) is 10.5. The number of nitrogens with two attached hydrogens (primary N) is 2. The summed E-state index contributed by atoms with van der Waals surface area (Å²) in [5.41, 5.74) is 15.2. The number of carboxylic acids is 1. The molecule has 12 nitrogen and oxygen atoms in total. The maximum absolute atomic E-state index is 12.8. The van der Waals surface area contributed by atoms with E-state index in [1.165, 1.54) is 17.6 Å². The van der Waals surface area contributed by atoms with Crippen molar-refractivity contribution in [1.82, 2.24) is 5.32 Å². The van der Waals surface area contributed by atoms with E-state index < -0.39 is 29.3 Å². The molecule has 6 atom stereocenters. The van der Waals surface area contributed by atoms with Gasteiger partial charge in [-0.3, -0.25) is 19.2 Å². The SMILES string of the molecule is COc1ccc(C[C@H](C)C(=O)O)cc1.COc1ccc(C[C@H](N)C(=O)N[C@@H](CC2=CCCC2)C(=O)[C@@]2(C)CO2)cc1.C[C@]1(C(=O)[C@@H](N)CC2=CCCC2)CO1.